The average Bonchev–Trinajstić information content (AvgIpc) is 2.76. The van der Waals surface area contributed by atoms with E-state index in [-0.39, 0.29) is 11.5 Å². The number of benzene rings is 1. The van der Waals surface area contributed by atoms with Crippen molar-refractivity contribution in [2.24, 2.45) is 0 Å². The Morgan fingerprint density at radius 1 is 1.50 bits per heavy atom. The van der Waals surface area contributed by atoms with E-state index in [0.717, 1.165) is 5.56 Å². The van der Waals surface area contributed by atoms with E-state index in [1.807, 2.05) is 0 Å². The molecule has 0 bridgehead atoms. The average molecular weight is 221 g/mol. The third kappa shape index (κ3) is 2.02. The van der Waals surface area contributed by atoms with Crippen LogP contribution in [0.25, 0.3) is 0 Å². The van der Waals surface area contributed by atoms with Gasteiger partial charge in [0.05, 0.1) is 5.69 Å². The van der Waals surface area contributed by atoms with Gasteiger partial charge in [0.2, 0.25) is 0 Å². The van der Waals surface area contributed by atoms with E-state index < -0.39 is 11.7 Å². The van der Waals surface area contributed by atoms with E-state index in [9.17, 15) is 9.18 Å². The quantitative estimate of drug-likeness (QED) is 0.789. The van der Waals surface area contributed by atoms with Crippen molar-refractivity contribution in [1.82, 2.24) is 20.6 Å². The molecule has 0 radical (unpaired) electrons. The zero-order valence-electron chi connectivity index (χ0n) is 8.36. The summed E-state index contributed by atoms with van der Waals surface area (Å²) >= 11 is 0. The second-order valence-corrected chi connectivity index (χ2v) is 3.17. The minimum atomic E-state index is -0.613. The standard InChI is InChI=1S/C9H8FN5O/c1-5-2-3-6(10)7(4-5)11-9(16)8-12-14-15-13-8/h2-4H,1H3,(H,11,16)(H,12,13,14,15). The van der Waals surface area contributed by atoms with Crippen molar-refractivity contribution in [1.29, 1.82) is 0 Å². The monoisotopic (exact) mass is 221 g/mol. The molecule has 0 saturated carbocycles. The number of aromatic nitrogens is 4. The molecule has 0 aliphatic rings. The van der Waals surface area contributed by atoms with Crippen molar-refractivity contribution < 1.29 is 9.18 Å². The third-order valence-corrected chi connectivity index (χ3v) is 1.92. The number of hydrogen-bond donors (Lipinski definition) is 2. The minimum absolute atomic E-state index is 0.0924. The molecule has 0 saturated heterocycles. The fraction of sp³-hybridized carbons (Fsp3) is 0.111. The van der Waals surface area contributed by atoms with E-state index in [0.29, 0.717) is 0 Å². The Balaban J connectivity index is 2.21. The summed E-state index contributed by atoms with van der Waals surface area (Å²) in [4.78, 5) is 11.5. The van der Waals surface area contributed by atoms with Gasteiger partial charge in [0.1, 0.15) is 5.82 Å². The molecule has 2 rings (SSSR count). The zero-order chi connectivity index (χ0) is 11.5. The number of carbonyl (C=O) groups is 1. The van der Waals surface area contributed by atoms with Gasteiger partial charge in [0.25, 0.3) is 11.7 Å². The lowest BCUT2D eigenvalue weighted by Gasteiger charge is -2.04. The van der Waals surface area contributed by atoms with Crippen LogP contribution in [-0.2, 0) is 0 Å². The summed E-state index contributed by atoms with van der Waals surface area (Å²) in [6, 6.07) is 4.41. The van der Waals surface area contributed by atoms with Crippen LogP contribution in [0.1, 0.15) is 16.2 Å². The highest BCUT2D eigenvalue weighted by atomic mass is 19.1. The Labute approximate surface area is 89.9 Å². The van der Waals surface area contributed by atoms with Crippen LogP contribution in [-0.4, -0.2) is 26.5 Å². The number of anilines is 1. The largest absolute Gasteiger partial charge is 0.317 e. The second-order valence-electron chi connectivity index (χ2n) is 3.17. The number of halogens is 1. The number of carbonyl (C=O) groups excluding carboxylic acids is 1. The van der Waals surface area contributed by atoms with Gasteiger partial charge in [0, 0.05) is 0 Å². The molecule has 0 aliphatic heterocycles. The Kier molecular flexibility index (Phi) is 2.59. The molecule has 6 nitrogen and oxygen atoms in total. The van der Waals surface area contributed by atoms with Gasteiger partial charge in [-0.25, -0.2) is 4.39 Å². The fourth-order valence-corrected chi connectivity index (χ4v) is 1.17. The molecule has 0 unspecified atom stereocenters. The number of nitrogens with zero attached hydrogens (tertiary/aromatic N) is 3. The summed E-state index contributed by atoms with van der Waals surface area (Å²) < 4.78 is 13.3. The number of H-pyrrole nitrogens is 1. The van der Waals surface area contributed by atoms with Gasteiger partial charge < -0.3 is 5.32 Å². The summed E-state index contributed by atoms with van der Waals surface area (Å²) in [6.07, 6.45) is 0. The van der Waals surface area contributed by atoms with Crippen LogP contribution in [0.2, 0.25) is 0 Å². The lowest BCUT2D eigenvalue weighted by atomic mass is 10.2. The summed E-state index contributed by atoms with van der Waals surface area (Å²) in [5.41, 5.74) is 0.930. The first-order valence-electron chi connectivity index (χ1n) is 4.48. The van der Waals surface area contributed by atoms with E-state index in [1.54, 1.807) is 13.0 Å². The van der Waals surface area contributed by atoms with Gasteiger partial charge >= 0.3 is 0 Å². The molecule has 2 aromatic rings. The molecule has 7 heteroatoms. The molecule has 2 N–H and O–H groups in total. The van der Waals surface area contributed by atoms with Crippen LogP contribution in [0.4, 0.5) is 10.1 Å². The Hall–Kier alpha value is -2.31. The van der Waals surface area contributed by atoms with Gasteiger partial charge in [-0.2, -0.15) is 5.21 Å². The van der Waals surface area contributed by atoms with Crippen molar-refractivity contribution in [2.45, 2.75) is 6.92 Å². The maximum absolute atomic E-state index is 13.3. The molecule has 1 heterocycles. The van der Waals surface area contributed by atoms with Crippen LogP contribution in [0.5, 0.6) is 0 Å². The summed E-state index contributed by atoms with van der Waals surface area (Å²) in [5, 5.41) is 14.7. The topological polar surface area (TPSA) is 83.6 Å². The summed E-state index contributed by atoms with van der Waals surface area (Å²) in [6.45, 7) is 1.80. The fourth-order valence-electron chi connectivity index (χ4n) is 1.17. The number of tetrazole rings is 1. The molecule has 0 fully saturated rings. The highest BCUT2D eigenvalue weighted by molar-refractivity contribution is 6.01. The van der Waals surface area contributed by atoms with Crippen LogP contribution in [0.3, 0.4) is 0 Å². The number of aryl methyl sites for hydroxylation is 1. The van der Waals surface area contributed by atoms with Crippen LogP contribution in [0, 0.1) is 12.7 Å². The molecule has 1 aromatic heterocycles. The van der Waals surface area contributed by atoms with Gasteiger partial charge in [-0.3, -0.25) is 4.79 Å². The Morgan fingerprint density at radius 3 is 3.00 bits per heavy atom. The van der Waals surface area contributed by atoms with Crippen molar-refractivity contribution in [3.63, 3.8) is 0 Å². The lowest BCUT2D eigenvalue weighted by molar-refractivity contribution is 0.101. The van der Waals surface area contributed by atoms with E-state index in [1.165, 1.54) is 12.1 Å². The third-order valence-electron chi connectivity index (χ3n) is 1.92. The second kappa shape index (κ2) is 4.05. The Bertz CT molecular complexity index is 511. The van der Waals surface area contributed by atoms with Crippen molar-refractivity contribution in [3.8, 4) is 0 Å². The van der Waals surface area contributed by atoms with Crippen molar-refractivity contribution >= 4 is 11.6 Å². The smallest absolute Gasteiger partial charge is 0.297 e. The molecule has 1 aromatic carbocycles. The number of rotatable bonds is 2. The first kappa shape index (κ1) is 10.2. The number of nitrogens with one attached hydrogen (secondary N) is 2. The summed E-state index contributed by atoms with van der Waals surface area (Å²) in [5.74, 6) is -1.26. The van der Waals surface area contributed by atoms with Crippen LogP contribution < -0.4 is 5.32 Å². The van der Waals surface area contributed by atoms with Crippen LogP contribution >= 0.6 is 0 Å². The van der Waals surface area contributed by atoms with Crippen molar-refractivity contribution in [3.05, 3.63) is 35.4 Å². The predicted octanol–water partition coefficient (Wildman–Crippen LogP) is 0.900. The zero-order valence-corrected chi connectivity index (χ0v) is 8.36. The van der Waals surface area contributed by atoms with Gasteiger partial charge in [-0.05, 0) is 29.8 Å². The van der Waals surface area contributed by atoms with Gasteiger partial charge in [0.15, 0.2) is 0 Å². The number of aromatic amines is 1. The molecular weight excluding hydrogens is 213 g/mol. The summed E-state index contributed by atoms with van der Waals surface area (Å²) in [7, 11) is 0. The molecule has 16 heavy (non-hydrogen) atoms. The first-order valence-corrected chi connectivity index (χ1v) is 4.48. The maximum Gasteiger partial charge on any atom is 0.297 e. The highest BCUT2D eigenvalue weighted by Gasteiger charge is 2.13. The molecule has 0 atom stereocenters. The predicted molar refractivity (Wildman–Crippen MR) is 53.3 cm³/mol. The maximum atomic E-state index is 13.3. The van der Waals surface area contributed by atoms with E-state index >= 15 is 0 Å². The SMILES string of the molecule is Cc1ccc(F)c(NC(=O)c2nn[nH]n2)c1. The molecule has 82 valence electrons. The lowest BCUT2D eigenvalue weighted by Crippen LogP contribution is -2.14. The van der Waals surface area contributed by atoms with Gasteiger partial charge in [-0.15, -0.1) is 10.2 Å². The molecule has 0 spiro atoms. The molecular formula is C9H8FN5O. The molecule has 1 amide bonds. The highest BCUT2D eigenvalue weighted by Crippen LogP contribution is 2.15. The Morgan fingerprint density at radius 2 is 2.31 bits per heavy atom. The number of hydrogen-bond acceptors (Lipinski definition) is 4. The number of amides is 1. The normalized spacial score (nSPS) is 10.1. The van der Waals surface area contributed by atoms with E-state index in [2.05, 4.69) is 25.9 Å². The van der Waals surface area contributed by atoms with Gasteiger partial charge in [-0.1, -0.05) is 6.07 Å². The molecule has 0 aliphatic carbocycles. The minimum Gasteiger partial charge on any atom is -0.317 e. The van der Waals surface area contributed by atoms with Crippen LogP contribution in [0.15, 0.2) is 18.2 Å². The first-order chi connectivity index (χ1) is 7.66. The van der Waals surface area contributed by atoms with Crippen molar-refractivity contribution in [2.75, 3.05) is 5.32 Å². The van der Waals surface area contributed by atoms with E-state index in [4.69, 9.17) is 0 Å².